The van der Waals surface area contributed by atoms with E-state index in [-0.39, 0.29) is 19.1 Å². The maximum absolute atomic E-state index is 12.6. The summed E-state index contributed by atoms with van der Waals surface area (Å²) in [7, 11) is 0. The highest BCUT2D eigenvalue weighted by Crippen LogP contribution is 2.17. The summed E-state index contributed by atoms with van der Waals surface area (Å²) < 4.78 is 15.8. The molecule has 28 heavy (non-hydrogen) atoms. The Morgan fingerprint density at radius 3 is 2.18 bits per heavy atom. The molecular formula is C21H22N2O5. The molecular weight excluding hydrogens is 360 g/mol. The fraction of sp³-hybridized carbons (Fsp3) is 0.238. The number of carbonyl (C=O) groups is 2. The monoisotopic (exact) mass is 382 g/mol. The van der Waals surface area contributed by atoms with Gasteiger partial charge in [-0.1, -0.05) is 12.1 Å². The number of hydrogen-bond donors (Lipinski definition) is 1. The summed E-state index contributed by atoms with van der Waals surface area (Å²) in [6.45, 7) is 2.99. The largest absolute Gasteiger partial charge is 0.468 e. The van der Waals surface area contributed by atoms with Crippen molar-refractivity contribution in [2.75, 3.05) is 18.5 Å². The third-order valence-corrected chi connectivity index (χ3v) is 3.98. The molecule has 2 aromatic heterocycles. The van der Waals surface area contributed by atoms with Gasteiger partial charge in [0.05, 0.1) is 50.0 Å². The number of benzene rings is 1. The zero-order chi connectivity index (χ0) is 19.8. The molecule has 146 valence electrons. The van der Waals surface area contributed by atoms with Gasteiger partial charge in [0.25, 0.3) is 0 Å². The van der Waals surface area contributed by atoms with Crippen molar-refractivity contribution in [2.45, 2.75) is 20.0 Å². The molecule has 0 fully saturated rings. The minimum absolute atomic E-state index is 0.0958. The summed E-state index contributed by atoms with van der Waals surface area (Å²) in [5.74, 6) is 0.758. The SMILES string of the molecule is CCOC(=O)c1ccccc1NC(=O)CN(Cc1ccco1)Cc1ccco1. The number of esters is 1. The molecule has 1 amide bonds. The van der Waals surface area contributed by atoms with Crippen molar-refractivity contribution in [3.8, 4) is 0 Å². The van der Waals surface area contributed by atoms with E-state index in [4.69, 9.17) is 13.6 Å². The van der Waals surface area contributed by atoms with Crippen LogP contribution in [0, 0.1) is 0 Å². The van der Waals surface area contributed by atoms with Gasteiger partial charge in [0.1, 0.15) is 11.5 Å². The van der Waals surface area contributed by atoms with E-state index in [0.717, 1.165) is 11.5 Å². The lowest BCUT2D eigenvalue weighted by Gasteiger charge is -2.20. The van der Waals surface area contributed by atoms with Gasteiger partial charge in [-0.2, -0.15) is 0 Å². The van der Waals surface area contributed by atoms with Gasteiger partial charge in [0.2, 0.25) is 5.91 Å². The van der Waals surface area contributed by atoms with Crippen LogP contribution in [0.4, 0.5) is 5.69 Å². The van der Waals surface area contributed by atoms with Gasteiger partial charge in [0.15, 0.2) is 0 Å². The summed E-state index contributed by atoms with van der Waals surface area (Å²) in [5.41, 5.74) is 0.739. The number of furan rings is 2. The standard InChI is InChI=1S/C21H22N2O5/c1-2-26-21(25)18-9-3-4-10-19(18)22-20(24)15-23(13-16-7-5-11-27-16)14-17-8-6-12-28-17/h3-12H,2,13-15H2,1H3,(H,22,24). The second kappa shape index (κ2) is 9.57. The first-order chi connectivity index (χ1) is 13.7. The predicted molar refractivity (Wildman–Crippen MR) is 103 cm³/mol. The van der Waals surface area contributed by atoms with Gasteiger partial charge in [-0.05, 0) is 43.3 Å². The molecule has 0 spiro atoms. The van der Waals surface area contributed by atoms with Gasteiger partial charge in [-0.15, -0.1) is 0 Å². The molecule has 0 atom stereocenters. The van der Waals surface area contributed by atoms with Crippen LogP contribution in [-0.2, 0) is 22.6 Å². The van der Waals surface area contributed by atoms with Crippen LogP contribution in [0.15, 0.2) is 69.9 Å². The van der Waals surface area contributed by atoms with Crippen molar-refractivity contribution in [1.82, 2.24) is 4.90 Å². The average molecular weight is 382 g/mol. The van der Waals surface area contributed by atoms with Crippen molar-refractivity contribution >= 4 is 17.6 Å². The van der Waals surface area contributed by atoms with Crippen LogP contribution in [0.1, 0.15) is 28.8 Å². The first-order valence-corrected chi connectivity index (χ1v) is 8.99. The Hall–Kier alpha value is -3.32. The highest BCUT2D eigenvalue weighted by Gasteiger charge is 2.18. The van der Waals surface area contributed by atoms with Gasteiger partial charge in [0, 0.05) is 0 Å². The topological polar surface area (TPSA) is 84.9 Å². The number of ether oxygens (including phenoxy) is 1. The van der Waals surface area contributed by atoms with Crippen molar-refractivity contribution < 1.29 is 23.2 Å². The van der Waals surface area contributed by atoms with Crippen LogP contribution in [0.5, 0.6) is 0 Å². The quantitative estimate of drug-likeness (QED) is 0.568. The Labute approximate surface area is 162 Å². The second-order valence-corrected chi connectivity index (χ2v) is 6.12. The maximum atomic E-state index is 12.6. The summed E-state index contributed by atoms with van der Waals surface area (Å²) in [4.78, 5) is 26.6. The molecule has 3 aromatic rings. The molecule has 0 radical (unpaired) electrons. The zero-order valence-electron chi connectivity index (χ0n) is 15.6. The van der Waals surface area contributed by atoms with E-state index in [0.29, 0.717) is 24.3 Å². The summed E-state index contributed by atoms with van der Waals surface area (Å²) >= 11 is 0. The van der Waals surface area contributed by atoms with Crippen LogP contribution in [0.25, 0.3) is 0 Å². The minimum Gasteiger partial charge on any atom is -0.468 e. The molecule has 0 unspecified atom stereocenters. The van der Waals surface area contributed by atoms with Gasteiger partial charge >= 0.3 is 5.97 Å². The van der Waals surface area contributed by atoms with E-state index >= 15 is 0 Å². The lowest BCUT2D eigenvalue weighted by molar-refractivity contribution is -0.117. The molecule has 0 saturated heterocycles. The molecule has 0 aliphatic heterocycles. The van der Waals surface area contributed by atoms with Crippen molar-refractivity contribution in [3.05, 3.63) is 78.1 Å². The molecule has 0 aliphatic rings. The smallest absolute Gasteiger partial charge is 0.340 e. The van der Waals surface area contributed by atoms with E-state index in [1.165, 1.54) is 0 Å². The van der Waals surface area contributed by atoms with E-state index < -0.39 is 5.97 Å². The number of hydrogen-bond acceptors (Lipinski definition) is 6. The molecule has 7 heteroatoms. The molecule has 2 heterocycles. The number of anilines is 1. The van der Waals surface area contributed by atoms with E-state index in [1.54, 1.807) is 55.8 Å². The van der Waals surface area contributed by atoms with E-state index in [2.05, 4.69) is 5.32 Å². The number of nitrogens with one attached hydrogen (secondary N) is 1. The molecule has 1 N–H and O–H groups in total. The normalized spacial score (nSPS) is 10.8. The van der Waals surface area contributed by atoms with Gasteiger partial charge in [-0.3, -0.25) is 9.69 Å². The van der Waals surface area contributed by atoms with Crippen LogP contribution >= 0.6 is 0 Å². The van der Waals surface area contributed by atoms with Crippen LogP contribution in [0.2, 0.25) is 0 Å². The van der Waals surface area contributed by atoms with E-state index in [1.807, 2.05) is 17.0 Å². The Bertz CT molecular complexity index is 851. The summed E-state index contributed by atoms with van der Waals surface area (Å²) in [5, 5.41) is 2.80. The number of para-hydroxylation sites is 1. The fourth-order valence-corrected chi connectivity index (χ4v) is 2.79. The Balaban J connectivity index is 1.69. The summed E-state index contributed by atoms with van der Waals surface area (Å²) in [6.07, 6.45) is 3.19. The zero-order valence-corrected chi connectivity index (χ0v) is 15.6. The highest BCUT2D eigenvalue weighted by molar-refractivity contribution is 6.01. The molecule has 0 aliphatic carbocycles. The Morgan fingerprint density at radius 1 is 0.964 bits per heavy atom. The number of rotatable bonds is 9. The van der Waals surface area contributed by atoms with Crippen LogP contribution in [-0.4, -0.2) is 29.9 Å². The minimum atomic E-state index is -0.471. The molecule has 0 bridgehead atoms. The van der Waals surface area contributed by atoms with Crippen molar-refractivity contribution in [3.63, 3.8) is 0 Å². The van der Waals surface area contributed by atoms with Crippen LogP contribution < -0.4 is 5.32 Å². The van der Waals surface area contributed by atoms with E-state index in [9.17, 15) is 9.59 Å². The molecule has 7 nitrogen and oxygen atoms in total. The fourth-order valence-electron chi connectivity index (χ4n) is 2.79. The lowest BCUT2D eigenvalue weighted by Crippen LogP contribution is -2.32. The first-order valence-electron chi connectivity index (χ1n) is 8.99. The first kappa shape index (κ1) is 19.4. The maximum Gasteiger partial charge on any atom is 0.340 e. The molecule has 0 saturated carbocycles. The van der Waals surface area contributed by atoms with Gasteiger partial charge in [-0.25, -0.2) is 4.79 Å². The second-order valence-electron chi connectivity index (χ2n) is 6.12. The Morgan fingerprint density at radius 2 is 1.61 bits per heavy atom. The average Bonchev–Trinajstić information content (AvgIpc) is 3.36. The lowest BCUT2D eigenvalue weighted by atomic mass is 10.2. The van der Waals surface area contributed by atoms with Gasteiger partial charge < -0.3 is 18.9 Å². The predicted octanol–water partition coefficient (Wildman–Crippen LogP) is 3.69. The van der Waals surface area contributed by atoms with Crippen LogP contribution in [0.3, 0.4) is 0 Å². The third kappa shape index (κ3) is 5.34. The number of nitrogens with zero attached hydrogens (tertiary/aromatic N) is 1. The molecule has 3 rings (SSSR count). The molecule has 1 aromatic carbocycles. The van der Waals surface area contributed by atoms with Crippen molar-refractivity contribution in [1.29, 1.82) is 0 Å². The third-order valence-electron chi connectivity index (χ3n) is 3.98. The number of carbonyl (C=O) groups excluding carboxylic acids is 2. The number of amides is 1. The van der Waals surface area contributed by atoms with Crippen molar-refractivity contribution in [2.24, 2.45) is 0 Å². The summed E-state index contributed by atoms with van der Waals surface area (Å²) in [6, 6.07) is 14.1. The highest BCUT2D eigenvalue weighted by atomic mass is 16.5. The Kier molecular flexibility index (Phi) is 6.64.